The number of anilines is 1. The normalized spacial score (nSPS) is 14.0. The van der Waals surface area contributed by atoms with E-state index in [1.807, 2.05) is 36.4 Å². The molecule has 0 unspecified atom stereocenters. The molecule has 0 saturated heterocycles. The number of rotatable bonds is 8. The highest BCUT2D eigenvalue weighted by Crippen LogP contribution is 2.31. The van der Waals surface area contributed by atoms with Gasteiger partial charge in [0.1, 0.15) is 11.5 Å². The second-order valence-electron chi connectivity index (χ2n) is 6.89. The molecule has 7 nitrogen and oxygen atoms in total. The third-order valence-electron chi connectivity index (χ3n) is 4.95. The summed E-state index contributed by atoms with van der Waals surface area (Å²) in [5, 5.41) is 3.08. The monoisotopic (exact) mass is 527 g/mol. The van der Waals surface area contributed by atoms with Crippen LogP contribution in [0.4, 0.5) is 5.69 Å². The molecule has 3 rings (SSSR count). The average molecular weight is 527 g/mol. The van der Waals surface area contributed by atoms with E-state index in [9.17, 15) is 0 Å². The zero-order valence-electron chi connectivity index (χ0n) is 17.6. The molecule has 0 atom stereocenters. The van der Waals surface area contributed by atoms with E-state index < -0.39 is 0 Å². The van der Waals surface area contributed by atoms with Gasteiger partial charge >= 0.3 is 0 Å². The summed E-state index contributed by atoms with van der Waals surface area (Å²) in [4.78, 5) is 4.47. The molecule has 3 N–H and O–H groups in total. The van der Waals surface area contributed by atoms with Gasteiger partial charge in [-0.15, -0.1) is 24.0 Å². The molecule has 1 aliphatic carbocycles. The molecule has 164 valence electrons. The zero-order valence-corrected chi connectivity index (χ0v) is 20.0. The lowest BCUT2D eigenvalue weighted by atomic mass is 10.2. The number of benzene rings is 2. The maximum absolute atomic E-state index is 6.21. The summed E-state index contributed by atoms with van der Waals surface area (Å²) in [5.74, 6) is 3.15. The quantitative estimate of drug-likeness (QED) is 0.297. The zero-order chi connectivity index (χ0) is 20.6. The molecule has 2 aromatic carbocycles. The van der Waals surface area contributed by atoms with E-state index in [1.54, 1.807) is 21.3 Å². The van der Waals surface area contributed by atoms with E-state index in [0.29, 0.717) is 24.0 Å². The number of ether oxygens (including phenoxy) is 4. The van der Waals surface area contributed by atoms with Gasteiger partial charge < -0.3 is 30.0 Å². The first-order valence-electron chi connectivity index (χ1n) is 9.75. The predicted octanol–water partition coefficient (Wildman–Crippen LogP) is 4.58. The third-order valence-corrected chi connectivity index (χ3v) is 4.95. The fourth-order valence-electron chi connectivity index (χ4n) is 3.36. The summed E-state index contributed by atoms with van der Waals surface area (Å²) in [6.07, 6.45) is 4.85. The van der Waals surface area contributed by atoms with Crippen LogP contribution in [0.25, 0.3) is 0 Å². The number of nitrogens with one attached hydrogen (secondary N) is 1. The Kier molecular flexibility index (Phi) is 9.35. The van der Waals surface area contributed by atoms with Crippen LogP contribution >= 0.6 is 24.0 Å². The lowest BCUT2D eigenvalue weighted by molar-refractivity contribution is 0.207. The molecule has 0 radical (unpaired) electrons. The Morgan fingerprint density at radius 3 is 2.37 bits per heavy atom. The molecule has 1 aliphatic rings. The highest BCUT2D eigenvalue weighted by Gasteiger charge is 2.18. The number of halogens is 1. The van der Waals surface area contributed by atoms with Crippen molar-refractivity contribution in [3.8, 4) is 23.0 Å². The minimum Gasteiger partial charge on any atom is -0.497 e. The molecule has 0 aromatic heterocycles. The standard InChI is InChI=1S/C22H29N3O4.HI/c1-26-18-10-8-15(20(13-18)29-17-6-4-5-7-17)14-24-22(23)25-16-9-11-19(27-2)21(12-16)28-3;/h8-13,17H,4-7,14H2,1-3H3,(H3,23,24,25);1H. The van der Waals surface area contributed by atoms with E-state index in [-0.39, 0.29) is 30.1 Å². The SMILES string of the molecule is COc1ccc(CN=C(N)Nc2ccc(OC)c(OC)c2)c(OC2CCCC2)c1.I. The Labute approximate surface area is 195 Å². The highest BCUT2D eigenvalue weighted by molar-refractivity contribution is 14.0. The van der Waals surface area contributed by atoms with E-state index in [1.165, 1.54) is 12.8 Å². The van der Waals surface area contributed by atoms with Crippen LogP contribution in [-0.2, 0) is 6.54 Å². The van der Waals surface area contributed by atoms with Gasteiger partial charge in [-0.2, -0.15) is 0 Å². The van der Waals surface area contributed by atoms with Crippen molar-refractivity contribution in [2.45, 2.75) is 38.3 Å². The van der Waals surface area contributed by atoms with Crippen molar-refractivity contribution < 1.29 is 18.9 Å². The maximum atomic E-state index is 6.21. The Bertz CT molecular complexity index is 854. The first-order chi connectivity index (χ1) is 14.1. The summed E-state index contributed by atoms with van der Waals surface area (Å²) in [5.41, 5.74) is 7.82. The summed E-state index contributed by atoms with van der Waals surface area (Å²) in [6, 6.07) is 11.3. The average Bonchev–Trinajstić information content (AvgIpc) is 3.25. The predicted molar refractivity (Wildman–Crippen MR) is 130 cm³/mol. The minimum absolute atomic E-state index is 0. The fourth-order valence-corrected chi connectivity index (χ4v) is 3.36. The van der Waals surface area contributed by atoms with Crippen molar-refractivity contribution in [2.24, 2.45) is 10.7 Å². The number of guanidine groups is 1. The van der Waals surface area contributed by atoms with Gasteiger partial charge in [0.2, 0.25) is 0 Å². The molecule has 30 heavy (non-hydrogen) atoms. The van der Waals surface area contributed by atoms with Crippen LogP contribution in [0, 0.1) is 0 Å². The number of nitrogens with zero attached hydrogens (tertiary/aromatic N) is 1. The van der Waals surface area contributed by atoms with Crippen LogP contribution in [0.15, 0.2) is 41.4 Å². The Balaban J connectivity index is 0.00000320. The van der Waals surface area contributed by atoms with Gasteiger partial charge in [-0.1, -0.05) is 0 Å². The van der Waals surface area contributed by atoms with Gasteiger partial charge in [-0.05, 0) is 49.9 Å². The number of aliphatic imine (C=N–C) groups is 1. The first kappa shape index (κ1) is 23.9. The maximum Gasteiger partial charge on any atom is 0.193 e. The number of hydrogen-bond acceptors (Lipinski definition) is 5. The summed E-state index contributed by atoms with van der Waals surface area (Å²) in [6.45, 7) is 0.401. The lowest BCUT2D eigenvalue weighted by Gasteiger charge is -2.17. The first-order valence-corrected chi connectivity index (χ1v) is 9.75. The van der Waals surface area contributed by atoms with E-state index >= 15 is 0 Å². The van der Waals surface area contributed by atoms with Crippen LogP contribution in [0.2, 0.25) is 0 Å². The van der Waals surface area contributed by atoms with Crippen LogP contribution in [0.1, 0.15) is 31.2 Å². The van der Waals surface area contributed by atoms with Gasteiger partial charge in [0.25, 0.3) is 0 Å². The topological polar surface area (TPSA) is 87.3 Å². The summed E-state index contributed by atoms with van der Waals surface area (Å²) in [7, 11) is 4.84. The third kappa shape index (κ3) is 6.32. The van der Waals surface area contributed by atoms with Crippen molar-refractivity contribution >= 4 is 35.6 Å². The van der Waals surface area contributed by atoms with E-state index in [2.05, 4.69) is 10.3 Å². The second-order valence-corrected chi connectivity index (χ2v) is 6.89. The lowest BCUT2D eigenvalue weighted by Crippen LogP contribution is -2.22. The van der Waals surface area contributed by atoms with E-state index in [0.717, 1.165) is 35.6 Å². The molecule has 0 aliphatic heterocycles. The van der Waals surface area contributed by atoms with Gasteiger partial charge in [-0.25, -0.2) is 4.99 Å². The minimum atomic E-state index is 0. The largest absolute Gasteiger partial charge is 0.497 e. The van der Waals surface area contributed by atoms with Gasteiger partial charge in [0.05, 0.1) is 34.0 Å². The summed E-state index contributed by atoms with van der Waals surface area (Å²) < 4.78 is 22.1. The van der Waals surface area contributed by atoms with Crippen LogP contribution in [0.5, 0.6) is 23.0 Å². The molecular formula is C22H30IN3O4. The van der Waals surface area contributed by atoms with Gasteiger partial charge in [-0.3, -0.25) is 0 Å². The molecule has 0 bridgehead atoms. The van der Waals surface area contributed by atoms with Crippen molar-refractivity contribution in [3.63, 3.8) is 0 Å². The molecule has 2 aromatic rings. The Hall–Kier alpha value is -2.36. The molecule has 8 heteroatoms. The molecular weight excluding hydrogens is 497 g/mol. The molecule has 0 amide bonds. The second kappa shape index (κ2) is 11.7. The number of hydrogen-bond donors (Lipinski definition) is 2. The van der Waals surface area contributed by atoms with Crippen LogP contribution < -0.4 is 30.0 Å². The van der Waals surface area contributed by atoms with Crippen molar-refractivity contribution in [1.29, 1.82) is 0 Å². The highest BCUT2D eigenvalue weighted by atomic mass is 127. The Morgan fingerprint density at radius 2 is 1.70 bits per heavy atom. The molecule has 1 saturated carbocycles. The Morgan fingerprint density at radius 1 is 0.967 bits per heavy atom. The van der Waals surface area contributed by atoms with Crippen molar-refractivity contribution in [1.82, 2.24) is 0 Å². The smallest absolute Gasteiger partial charge is 0.193 e. The van der Waals surface area contributed by atoms with Gasteiger partial charge in [0, 0.05) is 23.4 Å². The fraction of sp³-hybridized carbons (Fsp3) is 0.409. The van der Waals surface area contributed by atoms with Crippen molar-refractivity contribution in [2.75, 3.05) is 26.6 Å². The van der Waals surface area contributed by atoms with E-state index in [4.69, 9.17) is 24.7 Å². The molecule has 0 spiro atoms. The number of nitrogens with two attached hydrogens (primary N) is 1. The molecule has 1 fully saturated rings. The molecule has 0 heterocycles. The summed E-state index contributed by atoms with van der Waals surface area (Å²) >= 11 is 0. The van der Waals surface area contributed by atoms with Crippen molar-refractivity contribution in [3.05, 3.63) is 42.0 Å². The van der Waals surface area contributed by atoms with Crippen LogP contribution in [-0.4, -0.2) is 33.4 Å². The van der Waals surface area contributed by atoms with Gasteiger partial charge in [0.15, 0.2) is 17.5 Å². The number of methoxy groups -OCH3 is 3. The van der Waals surface area contributed by atoms with Crippen LogP contribution in [0.3, 0.4) is 0 Å².